The number of piperazine rings is 1. The lowest BCUT2D eigenvalue weighted by atomic mass is 9.95. The van der Waals surface area contributed by atoms with Crippen LogP contribution in [0.1, 0.15) is 56.2 Å². The topological polar surface area (TPSA) is 61.4 Å². The van der Waals surface area contributed by atoms with E-state index in [1.807, 2.05) is 23.1 Å². The van der Waals surface area contributed by atoms with E-state index >= 15 is 0 Å². The average Bonchev–Trinajstić information content (AvgIpc) is 2.77. The van der Waals surface area contributed by atoms with Gasteiger partial charge in [-0.15, -0.1) is 0 Å². The van der Waals surface area contributed by atoms with Crippen molar-refractivity contribution in [3.8, 4) is 0 Å². The van der Waals surface area contributed by atoms with E-state index in [0.29, 0.717) is 19.5 Å². The Bertz CT molecular complexity index is 868. The van der Waals surface area contributed by atoms with Gasteiger partial charge in [0.05, 0.1) is 6.04 Å². The molecule has 5 heteroatoms. The Morgan fingerprint density at radius 2 is 1.84 bits per heavy atom. The van der Waals surface area contributed by atoms with Crippen molar-refractivity contribution in [2.75, 3.05) is 13.1 Å². The van der Waals surface area contributed by atoms with Crippen molar-refractivity contribution in [2.24, 2.45) is 0 Å². The molecule has 0 unspecified atom stereocenters. The largest absolute Gasteiger partial charge is 0.353 e. The molecule has 2 aromatic carbocycles. The molecule has 0 bridgehead atoms. The standard InChI is InChI=1S/C27H37N3O2/c1-3-4-6-10-22-13-9-14-24(17-22)18-25(29-21(2)31)19-26-27(32)30(16-15-28-26)20-23-11-7-5-8-12-23/h5,7-9,11-14,17,25-26,28H,3-4,6,10,15-16,18-20H2,1-2H3,(H,29,31)/t25-,26-/m0/s1. The summed E-state index contributed by atoms with van der Waals surface area (Å²) in [5.74, 6) is 0.0577. The minimum Gasteiger partial charge on any atom is -0.353 e. The molecule has 1 aliphatic heterocycles. The summed E-state index contributed by atoms with van der Waals surface area (Å²) in [6, 6.07) is 18.4. The second-order valence-electron chi connectivity index (χ2n) is 8.87. The molecular formula is C27H37N3O2. The highest BCUT2D eigenvalue weighted by Gasteiger charge is 2.30. The second kappa shape index (κ2) is 12.4. The average molecular weight is 436 g/mol. The minimum absolute atomic E-state index is 0.0569. The molecule has 1 heterocycles. The predicted octanol–water partition coefficient (Wildman–Crippen LogP) is 3.86. The van der Waals surface area contributed by atoms with Crippen molar-refractivity contribution in [3.63, 3.8) is 0 Å². The lowest BCUT2D eigenvalue weighted by Crippen LogP contribution is -2.56. The lowest BCUT2D eigenvalue weighted by Gasteiger charge is -2.35. The number of nitrogens with zero attached hydrogens (tertiary/aromatic N) is 1. The number of hydrogen-bond donors (Lipinski definition) is 2. The Morgan fingerprint density at radius 3 is 2.59 bits per heavy atom. The van der Waals surface area contributed by atoms with Gasteiger partial charge in [-0.1, -0.05) is 74.4 Å². The molecule has 5 nitrogen and oxygen atoms in total. The normalized spacial score (nSPS) is 17.2. The van der Waals surface area contributed by atoms with Gasteiger partial charge >= 0.3 is 0 Å². The third kappa shape index (κ3) is 7.49. The van der Waals surface area contributed by atoms with E-state index in [-0.39, 0.29) is 23.9 Å². The molecular weight excluding hydrogens is 398 g/mol. The zero-order valence-corrected chi connectivity index (χ0v) is 19.5. The van der Waals surface area contributed by atoms with Crippen LogP contribution in [0.25, 0.3) is 0 Å². The fourth-order valence-corrected chi connectivity index (χ4v) is 4.48. The number of carbonyl (C=O) groups is 2. The van der Waals surface area contributed by atoms with Gasteiger partial charge in [0.25, 0.3) is 0 Å². The highest BCUT2D eigenvalue weighted by Crippen LogP contribution is 2.16. The molecule has 2 atom stereocenters. The zero-order chi connectivity index (χ0) is 22.8. The van der Waals surface area contributed by atoms with E-state index in [1.54, 1.807) is 6.92 Å². The van der Waals surface area contributed by atoms with Crippen molar-refractivity contribution < 1.29 is 9.59 Å². The van der Waals surface area contributed by atoms with E-state index in [2.05, 4.69) is 54.0 Å². The number of aryl methyl sites for hydroxylation is 1. The highest BCUT2D eigenvalue weighted by atomic mass is 16.2. The summed E-state index contributed by atoms with van der Waals surface area (Å²) < 4.78 is 0. The minimum atomic E-state index is -0.281. The van der Waals surface area contributed by atoms with Crippen molar-refractivity contribution in [2.45, 2.75) is 71.0 Å². The summed E-state index contributed by atoms with van der Waals surface area (Å²) >= 11 is 0. The molecule has 1 saturated heterocycles. The van der Waals surface area contributed by atoms with E-state index in [1.165, 1.54) is 30.4 Å². The summed E-state index contributed by atoms with van der Waals surface area (Å²) in [4.78, 5) is 27.0. The number of hydrogen-bond acceptors (Lipinski definition) is 3. The molecule has 2 amide bonds. The number of nitrogens with one attached hydrogen (secondary N) is 2. The summed E-state index contributed by atoms with van der Waals surface area (Å²) in [6.07, 6.45) is 6.06. The number of rotatable bonds is 11. The van der Waals surface area contributed by atoms with Gasteiger partial charge < -0.3 is 15.5 Å². The van der Waals surface area contributed by atoms with Crippen LogP contribution >= 0.6 is 0 Å². The van der Waals surface area contributed by atoms with Crippen LogP contribution in [0.4, 0.5) is 0 Å². The van der Waals surface area contributed by atoms with Gasteiger partial charge in [0.1, 0.15) is 0 Å². The van der Waals surface area contributed by atoms with Crippen LogP contribution in [-0.2, 0) is 29.0 Å². The second-order valence-corrected chi connectivity index (χ2v) is 8.87. The summed E-state index contributed by atoms with van der Waals surface area (Å²) in [7, 11) is 0. The Labute approximate surface area is 192 Å². The van der Waals surface area contributed by atoms with Gasteiger partial charge in [0.2, 0.25) is 11.8 Å². The van der Waals surface area contributed by atoms with Crippen LogP contribution < -0.4 is 10.6 Å². The SMILES string of the molecule is CCCCCc1cccc(C[C@@H](C[C@@H]2NCCN(Cc3ccccc3)C2=O)NC(C)=O)c1. The molecule has 1 aliphatic rings. The molecule has 2 N–H and O–H groups in total. The van der Waals surface area contributed by atoms with Gasteiger partial charge in [-0.05, 0) is 42.4 Å². The number of carbonyl (C=O) groups excluding carboxylic acids is 2. The maximum atomic E-state index is 13.2. The van der Waals surface area contributed by atoms with Gasteiger partial charge in [-0.2, -0.15) is 0 Å². The predicted molar refractivity (Wildman–Crippen MR) is 129 cm³/mol. The first-order chi connectivity index (χ1) is 15.5. The van der Waals surface area contributed by atoms with E-state index in [4.69, 9.17) is 0 Å². The molecule has 0 radical (unpaired) electrons. The molecule has 0 spiro atoms. The fraction of sp³-hybridized carbons (Fsp3) is 0.481. The molecule has 172 valence electrons. The number of unbranched alkanes of at least 4 members (excludes halogenated alkanes) is 2. The third-order valence-electron chi connectivity index (χ3n) is 6.07. The van der Waals surface area contributed by atoms with Crippen LogP contribution in [0, 0.1) is 0 Å². The van der Waals surface area contributed by atoms with Crippen molar-refractivity contribution >= 4 is 11.8 Å². The van der Waals surface area contributed by atoms with Gasteiger partial charge in [0.15, 0.2) is 0 Å². The zero-order valence-electron chi connectivity index (χ0n) is 19.5. The van der Waals surface area contributed by atoms with Crippen LogP contribution in [0.15, 0.2) is 54.6 Å². The Hall–Kier alpha value is -2.66. The summed E-state index contributed by atoms with van der Waals surface area (Å²) in [6.45, 7) is 5.86. The van der Waals surface area contributed by atoms with Crippen molar-refractivity contribution in [1.82, 2.24) is 15.5 Å². The van der Waals surface area contributed by atoms with Gasteiger partial charge in [-0.25, -0.2) is 0 Å². The monoisotopic (exact) mass is 435 g/mol. The Morgan fingerprint density at radius 1 is 1.09 bits per heavy atom. The number of amides is 2. The number of benzene rings is 2. The Balaban J connectivity index is 1.64. The molecule has 0 aliphatic carbocycles. The third-order valence-corrected chi connectivity index (χ3v) is 6.07. The first-order valence-corrected chi connectivity index (χ1v) is 12.0. The van der Waals surface area contributed by atoms with E-state index < -0.39 is 0 Å². The molecule has 32 heavy (non-hydrogen) atoms. The van der Waals surface area contributed by atoms with E-state index in [0.717, 1.165) is 24.9 Å². The molecule has 2 aromatic rings. The van der Waals surface area contributed by atoms with Crippen LogP contribution in [0.3, 0.4) is 0 Å². The van der Waals surface area contributed by atoms with Crippen molar-refractivity contribution in [1.29, 1.82) is 0 Å². The first-order valence-electron chi connectivity index (χ1n) is 12.0. The molecule has 0 aromatic heterocycles. The van der Waals surface area contributed by atoms with Gasteiger partial charge in [0, 0.05) is 32.6 Å². The molecule has 0 saturated carbocycles. The Kier molecular flexibility index (Phi) is 9.29. The van der Waals surface area contributed by atoms with Crippen LogP contribution in [0.2, 0.25) is 0 Å². The smallest absolute Gasteiger partial charge is 0.240 e. The van der Waals surface area contributed by atoms with Gasteiger partial charge in [-0.3, -0.25) is 9.59 Å². The highest BCUT2D eigenvalue weighted by molar-refractivity contribution is 5.83. The van der Waals surface area contributed by atoms with Crippen LogP contribution in [-0.4, -0.2) is 41.9 Å². The maximum absolute atomic E-state index is 13.2. The van der Waals surface area contributed by atoms with Crippen molar-refractivity contribution in [3.05, 3.63) is 71.3 Å². The quantitative estimate of drug-likeness (QED) is 0.527. The fourth-order valence-electron chi connectivity index (χ4n) is 4.48. The summed E-state index contributed by atoms with van der Waals surface area (Å²) in [5, 5.41) is 6.46. The molecule has 3 rings (SSSR count). The van der Waals surface area contributed by atoms with Crippen LogP contribution in [0.5, 0.6) is 0 Å². The summed E-state index contributed by atoms with van der Waals surface area (Å²) in [5.41, 5.74) is 3.69. The van der Waals surface area contributed by atoms with E-state index in [9.17, 15) is 9.59 Å². The first kappa shape index (κ1) is 24.0. The maximum Gasteiger partial charge on any atom is 0.240 e. The lowest BCUT2D eigenvalue weighted by molar-refractivity contribution is -0.137. The molecule has 1 fully saturated rings.